The Hall–Kier alpha value is -3.41. The number of benzene rings is 2. The molecule has 0 fully saturated rings. The summed E-state index contributed by atoms with van der Waals surface area (Å²) in [7, 11) is 0. The average Bonchev–Trinajstić information content (AvgIpc) is 2.53. The zero-order valence-corrected chi connectivity index (χ0v) is 14.0. The van der Waals surface area contributed by atoms with E-state index in [1.165, 1.54) is 24.3 Å². The highest BCUT2D eigenvalue weighted by Crippen LogP contribution is 2.16. The fraction of sp³-hybridized carbons (Fsp3) is 0.105. The Morgan fingerprint density at radius 2 is 1.52 bits per heavy atom. The zero-order chi connectivity index (χ0) is 18.6. The molecule has 0 aliphatic rings. The third kappa shape index (κ3) is 4.78. The molecular weight excluding hydrogens is 318 g/mol. The van der Waals surface area contributed by atoms with Gasteiger partial charge in [-0.15, -0.1) is 0 Å². The van der Waals surface area contributed by atoms with Gasteiger partial charge in [-0.3, -0.25) is 14.4 Å². The van der Waals surface area contributed by atoms with Crippen molar-refractivity contribution < 1.29 is 14.4 Å². The van der Waals surface area contributed by atoms with Gasteiger partial charge in [-0.2, -0.15) is 0 Å². The second-order valence-corrected chi connectivity index (χ2v) is 5.71. The molecule has 5 N–H and O–H groups in total. The standard InChI is InChI=1S/C19H19N3O3/c1-11-3-4-13(12(2)7-11)5-6-17(23)22-16-9-14(18(20)24)8-15(10-16)19(21)25/h3-10H,1-2H3,(H2,20,24)(H2,21,25)(H,22,23)/b6-5+. The van der Waals surface area contributed by atoms with Gasteiger partial charge in [0.15, 0.2) is 0 Å². The van der Waals surface area contributed by atoms with Gasteiger partial charge in [0.1, 0.15) is 0 Å². The van der Waals surface area contributed by atoms with Crippen molar-refractivity contribution in [3.05, 3.63) is 70.3 Å². The molecule has 128 valence electrons. The van der Waals surface area contributed by atoms with E-state index >= 15 is 0 Å². The van der Waals surface area contributed by atoms with Gasteiger partial charge < -0.3 is 16.8 Å². The molecule has 0 saturated carbocycles. The van der Waals surface area contributed by atoms with E-state index in [0.29, 0.717) is 0 Å². The first-order chi connectivity index (χ1) is 11.8. The molecular formula is C19H19N3O3. The number of primary amides is 2. The third-order valence-corrected chi connectivity index (χ3v) is 3.61. The van der Waals surface area contributed by atoms with Crippen LogP contribution in [0.2, 0.25) is 0 Å². The molecule has 6 nitrogen and oxygen atoms in total. The minimum atomic E-state index is -0.718. The summed E-state index contributed by atoms with van der Waals surface area (Å²) < 4.78 is 0. The molecule has 25 heavy (non-hydrogen) atoms. The SMILES string of the molecule is Cc1ccc(/C=C/C(=O)Nc2cc(C(N)=O)cc(C(N)=O)c2)c(C)c1. The number of aryl methyl sites for hydroxylation is 2. The van der Waals surface area contributed by atoms with Gasteiger partial charge in [0.2, 0.25) is 17.7 Å². The smallest absolute Gasteiger partial charge is 0.248 e. The van der Waals surface area contributed by atoms with Crippen molar-refractivity contribution in [1.29, 1.82) is 0 Å². The summed E-state index contributed by atoms with van der Waals surface area (Å²) in [5.74, 6) is -1.84. The molecule has 0 bridgehead atoms. The number of nitrogens with one attached hydrogen (secondary N) is 1. The zero-order valence-electron chi connectivity index (χ0n) is 14.0. The normalized spacial score (nSPS) is 10.6. The van der Waals surface area contributed by atoms with Crippen LogP contribution in [0.4, 0.5) is 5.69 Å². The van der Waals surface area contributed by atoms with E-state index in [9.17, 15) is 14.4 Å². The molecule has 0 aromatic heterocycles. The van der Waals surface area contributed by atoms with Crippen LogP contribution in [-0.2, 0) is 4.79 Å². The number of amides is 3. The fourth-order valence-electron chi connectivity index (χ4n) is 2.35. The van der Waals surface area contributed by atoms with Crippen LogP contribution >= 0.6 is 0 Å². The van der Waals surface area contributed by atoms with E-state index in [-0.39, 0.29) is 16.8 Å². The second-order valence-electron chi connectivity index (χ2n) is 5.71. The van der Waals surface area contributed by atoms with Gasteiger partial charge in [-0.05, 0) is 49.2 Å². The molecule has 3 amide bonds. The largest absolute Gasteiger partial charge is 0.366 e. The van der Waals surface area contributed by atoms with E-state index in [1.54, 1.807) is 6.08 Å². The van der Waals surface area contributed by atoms with E-state index in [0.717, 1.165) is 16.7 Å². The number of nitrogens with two attached hydrogens (primary N) is 2. The first-order valence-electron chi connectivity index (χ1n) is 7.57. The first-order valence-corrected chi connectivity index (χ1v) is 7.57. The molecule has 0 aliphatic heterocycles. The number of hydrogen-bond acceptors (Lipinski definition) is 3. The molecule has 2 aromatic rings. The van der Waals surface area contributed by atoms with Crippen LogP contribution in [0.3, 0.4) is 0 Å². The third-order valence-electron chi connectivity index (χ3n) is 3.61. The Kier molecular flexibility index (Phi) is 5.34. The number of carbonyl (C=O) groups excluding carboxylic acids is 3. The van der Waals surface area contributed by atoms with Crippen molar-refractivity contribution in [3.63, 3.8) is 0 Å². The summed E-state index contributed by atoms with van der Waals surface area (Å²) in [5, 5.41) is 2.59. The van der Waals surface area contributed by atoms with E-state index in [1.807, 2.05) is 32.0 Å². The van der Waals surface area contributed by atoms with Crippen molar-refractivity contribution in [2.75, 3.05) is 5.32 Å². The Balaban J connectivity index is 2.21. The van der Waals surface area contributed by atoms with Crippen LogP contribution in [0.1, 0.15) is 37.4 Å². The Morgan fingerprint density at radius 3 is 2.04 bits per heavy atom. The molecule has 0 unspecified atom stereocenters. The average molecular weight is 337 g/mol. The predicted molar refractivity (Wildman–Crippen MR) is 97.1 cm³/mol. The molecule has 0 radical (unpaired) electrons. The lowest BCUT2D eigenvalue weighted by molar-refractivity contribution is -0.111. The number of carbonyl (C=O) groups is 3. The summed E-state index contributed by atoms with van der Waals surface area (Å²) in [5.41, 5.74) is 14.0. The maximum Gasteiger partial charge on any atom is 0.248 e. The van der Waals surface area contributed by atoms with Crippen LogP contribution in [0.25, 0.3) is 6.08 Å². The van der Waals surface area contributed by atoms with E-state index in [4.69, 9.17) is 11.5 Å². The van der Waals surface area contributed by atoms with Crippen molar-refractivity contribution in [2.45, 2.75) is 13.8 Å². The van der Waals surface area contributed by atoms with Gasteiger partial charge in [0, 0.05) is 22.9 Å². The highest BCUT2D eigenvalue weighted by Gasteiger charge is 2.10. The second kappa shape index (κ2) is 7.44. The van der Waals surface area contributed by atoms with Crippen LogP contribution < -0.4 is 16.8 Å². The highest BCUT2D eigenvalue weighted by atomic mass is 16.2. The van der Waals surface area contributed by atoms with E-state index < -0.39 is 17.7 Å². The lowest BCUT2D eigenvalue weighted by Gasteiger charge is -2.07. The van der Waals surface area contributed by atoms with Crippen LogP contribution in [0, 0.1) is 13.8 Å². The minimum absolute atomic E-state index is 0.0879. The molecule has 0 atom stereocenters. The van der Waals surface area contributed by atoms with Gasteiger partial charge in [-0.25, -0.2) is 0 Å². The summed E-state index contributed by atoms with van der Waals surface area (Å²) in [6.07, 6.45) is 3.07. The molecule has 0 heterocycles. The van der Waals surface area contributed by atoms with Crippen molar-refractivity contribution in [1.82, 2.24) is 0 Å². The quantitative estimate of drug-likeness (QED) is 0.726. The van der Waals surface area contributed by atoms with Gasteiger partial charge in [0.25, 0.3) is 0 Å². The van der Waals surface area contributed by atoms with Gasteiger partial charge in [-0.1, -0.05) is 23.8 Å². The lowest BCUT2D eigenvalue weighted by Crippen LogP contribution is -2.17. The topological polar surface area (TPSA) is 115 Å². The first kappa shape index (κ1) is 17.9. The summed E-state index contributed by atoms with van der Waals surface area (Å²) in [6.45, 7) is 3.95. The Morgan fingerprint density at radius 1 is 0.920 bits per heavy atom. The van der Waals surface area contributed by atoms with Crippen molar-refractivity contribution in [2.24, 2.45) is 11.5 Å². The molecule has 0 aliphatic carbocycles. The summed E-state index contributed by atoms with van der Waals surface area (Å²) >= 11 is 0. The maximum absolute atomic E-state index is 12.1. The number of rotatable bonds is 5. The molecule has 0 spiro atoms. The van der Waals surface area contributed by atoms with Gasteiger partial charge in [0.05, 0.1) is 0 Å². The monoisotopic (exact) mass is 337 g/mol. The molecule has 6 heteroatoms. The van der Waals surface area contributed by atoms with Crippen LogP contribution in [0.5, 0.6) is 0 Å². The molecule has 2 aromatic carbocycles. The summed E-state index contributed by atoms with van der Waals surface area (Å²) in [4.78, 5) is 34.8. The highest BCUT2D eigenvalue weighted by molar-refractivity contribution is 6.05. The van der Waals surface area contributed by atoms with E-state index in [2.05, 4.69) is 5.32 Å². The minimum Gasteiger partial charge on any atom is -0.366 e. The summed E-state index contributed by atoms with van der Waals surface area (Å²) in [6, 6.07) is 9.96. The van der Waals surface area contributed by atoms with Crippen LogP contribution in [0.15, 0.2) is 42.5 Å². The van der Waals surface area contributed by atoms with Crippen LogP contribution in [-0.4, -0.2) is 17.7 Å². The van der Waals surface area contributed by atoms with Crippen molar-refractivity contribution in [3.8, 4) is 0 Å². The number of hydrogen-bond donors (Lipinski definition) is 3. The number of anilines is 1. The maximum atomic E-state index is 12.1. The van der Waals surface area contributed by atoms with Gasteiger partial charge >= 0.3 is 0 Å². The molecule has 2 rings (SSSR count). The molecule has 0 saturated heterocycles. The fourth-order valence-corrected chi connectivity index (χ4v) is 2.35. The Bertz CT molecular complexity index is 853. The van der Waals surface area contributed by atoms with Crippen molar-refractivity contribution >= 4 is 29.5 Å². The Labute approximate surface area is 145 Å². The lowest BCUT2D eigenvalue weighted by atomic mass is 10.1. The predicted octanol–water partition coefficient (Wildman–Crippen LogP) is 2.15.